The molecule has 49 heavy (non-hydrogen) atoms. The van der Waals surface area contributed by atoms with Crippen LogP contribution in [0, 0.1) is 5.41 Å². The second-order valence-corrected chi connectivity index (χ2v) is 14.8. The summed E-state index contributed by atoms with van der Waals surface area (Å²) in [6.07, 6.45) is 16.5. The molecule has 3 unspecified atom stereocenters. The molecule has 11 nitrogen and oxygen atoms in total. The van der Waals surface area contributed by atoms with Crippen molar-refractivity contribution in [1.82, 2.24) is 10.6 Å². The standard InChI is InChI=1S/C38H54N6O5/c39-28-13-6-7-14-29(28)43-31-23-41-33(37(40)46)36(38(31)15-8-4-2-1-3-5-9-16-38)42-26-12-10-11-25(21-26)27-24-48-35-30(45)22-32(49-34(27)35)44-17-19-47-20-18-44/h10-12,21-22,24,28-29,31,33,36,41-43H,1-9,13-20,23,39H2,(H2,40,46)/t28-,29+,31?,33?,36?/m1/s1. The number of nitrogens with one attached hydrogen (secondary N) is 3. The number of hydrogen-bond acceptors (Lipinski definition) is 10. The van der Waals surface area contributed by atoms with Gasteiger partial charge in [-0.1, -0.05) is 69.9 Å². The minimum atomic E-state index is -0.534. The lowest BCUT2D eigenvalue weighted by atomic mass is 9.62. The van der Waals surface area contributed by atoms with E-state index >= 15 is 0 Å². The van der Waals surface area contributed by atoms with Gasteiger partial charge in [-0.2, -0.15) is 0 Å². The van der Waals surface area contributed by atoms with E-state index in [2.05, 4.69) is 22.0 Å². The molecular weight excluding hydrogens is 620 g/mol. The zero-order valence-corrected chi connectivity index (χ0v) is 28.7. The molecule has 2 aliphatic heterocycles. The molecule has 11 heteroatoms. The fourth-order valence-corrected chi connectivity index (χ4v) is 9.06. The van der Waals surface area contributed by atoms with Crippen LogP contribution in [-0.4, -0.2) is 69.0 Å². The summed E-state index contributed by atoms with van der Waals surface area (Å²) >= 11 is 0. The molecule has 4 fully saturated rings. The number of anilines is 2. The first kappa shape index (κ1) is 34.1. The molecule has 3 aromatic rings. The van der Waals surface area contributed by atoms with Crippen molar-refractivity contribution >= 4 is 28.6 Å². The van der Waals surface area contributed by atoms with Gasteiger partial charge in [0.15, 0.2) is 11.5 Å². The first-order valence-corrected chi connectivity index (χ1v) is 18.7. The number of nitrogens with zero attached hydrogens (tertiary/aromatic N) is 1. The number of hydrogen-bond donors (Lipinski definition) is 5. The summed E-state index contributed by atoms with van der Waals surface area (Å²) in [6.45, 7) is 3.16. The van der Waals surface area contributed by atoms with Crippen LogP contribution in [0.15, 0.2) is 50.2 Å². The Morgan fingerprint density at radius 1 is 0.939 bits per heavy atom. The average molecular weight is 675 g/mol. The van der Waals surface area contributed by atoms with Crippen molar-refractivity contribution in [3.8, 4) is 11.1 Å². The third-order valence-electron chi connectivity index (χ3n) is 11.8. The molecule has 0 radical (unpaired) electrons. The first-order valence-electron chi connectivity index (χ1n) is 18.7. The van der Waals surface area contributed by atoms with Crippen LogP contribution >= 0.6 is 0 Å². The van der Waals surface area contributed by atoms with Gasteiger partial charge in [0, 0.05) is 48.9 Å². The molecule has 4 aliphatic rings. The van der Waals surface area contributed by atoms with E-state index in [1.807, 2.05) is 23.1 Å². The van der Waals surface area contributed by atoms with Crippen molar-refractivity contribution < 1.29 is 18.4 Å². The van der Waals surface area contributed by atoms with E-state index in [4.69, 9.17) is 25.0 Å². The Labute approximate surface area is 288 Å². The van der Waals surface area contributed by atoms with Crippen molar-refractivity contribution in [1.29, 1.82) is 0 Å². The van der Waals surface area contributed by atoms with Gasteiger partial charge in [-0.3, -0.25) is 9.59 Å². The number of benzene rings is 1. The molecule has 5 atom stereocenters. The number of nitrogens with two attached hydrogens (primary N) is 2. The van der Waals surface area contributed by atoms with E-state index < -0.39 is 6.04 Å². The molecule has 7 N–H and O–H groups in total. The van der Waals surface area contributed by atoms with Crippen molar-refractivity contribution in [2.75, 3.05) is 43.1 Å². The van der Waals surface area contributed by atoms with Crippen LogP contribution in [0.4, 0.5) is 11.6 Å². The molecule has 2 aliphatic carbocycles. The number of carbonyl (C=O) groups excluding carboxylic acids is 1. The summed E-state index contributed by atoms with van der Waals surface area (Å²) in [5, 5.41) is 11.5. The van der Waals surface area contributed by atoms with Gasteiger partial charge in [0.1, 0.15) is 12.3 Å². The van der Waals surface area contributed by atoms with Gasteiger partial charge in [0.25, 0.3) is 0 Å². The maximum absolute atomic E-state index is 13.2. The second-order valence-electron chi connectivity index (χ2n) is 14.8. The molecule has 0 bridgehead atoms. The summed E-state index contributed by atoms with van der Waals surface area (Å²) in [5.74, 6) is 0.181. The molecule has 1 aromatic carbocycles. The minimum absolute atomic E-state index is 0.135. The highest BCUT2D eigenvalue weighted by atomic mass is 16.5. The zero-order valence-electron chi connectivity index (χ0n) is 28.7. The van der Waals surface area contributed by atoms with Crippen LogP contribution in [0.1, 0.15) is 83.5 Å². The largest absolute Gasteiger partial charge is 0.456 e. The van der Waals surface area contributed by atoms with Crippen LogP contribution in [-0.2, 0) is 9.53 Å². The highest BCUT2D eigenvalue weighted by molar-refractivity contribution is 5.90. The molecule has 2 saturated carbocycles. The van der Waals surface area contributed by atoms with Gasteiger partial charge in [-0.05, 0) is 43.4 Å². The van der Waals surface area contributed by atoms with Gasteiger partial charge < -0.3 is 45.9 Å². The minimum Gasteiger partial charge on any atom is -0.456 e. The van der Waals surface area contributed by atoms with Gasteiger partial charge in [0.05, 0.1) is 30.9 Å². The quantitative estimate of drug-likeness (QED) is 0.234. The highest BCUT2D eigenvalue weighted by Crippen LogP contribution is 2.45. The van der Waals surface area contributed by atoms with E-state index in [1.54, 1.807) is 6.26 Å². The molecule has 2 aromatic heterocycles. The monoisotopic (exact) mass is 674 g/mol. The van der Waals surface area contributed by atoms with Gasteiger partial charge in [-0.25, -0.2) is 0 Å². The number of furan rings is 1. The topological polar surface area (TPSA) is 161 Å². The van der Waals surface area contributed by atoms with Crippen LogP contribution < -0.4 is 37.7 Å². The van der Waals surface area contributed by atoms with Gasteiger partial charge in [-0.15, -0.1) is 0 Å². The second kappa shape index (κ2) is 15.2. The van der Waals surface area contributed by atoms with E-state index in [0.29, 0.717) is 49.9 Å². The molecular formula is C38H54N6O5. The Hall–Kier alpha value is -3.38. The lowest BCUT2D eigenvalue weighted by Gasteiger charge is -2.55. The number of amides is 1. The van der Waals surface area contributed by atoms with Crippen molar-refractivity contribution in [3.05, 3.63) is 46.8 Å². The summed E-state index contributed by atoms with van der Waals surface area (Å²) in [4.78, 5) is 28.3. The first-order chi connectivity index (χ1) is 23.9. The SMILES string of the molecule is NC(=O)C1NCC(N[C@H]2CCCC[C@H]2N)C2(CCCCCCCCC2)C1Nc1cccc(-c2coc3c(=O)cc(N4CCOCC4)oc23)c1. The Kier molecular flexibility index (Phi) is 10.6. The summed E-state index contributed by atoms with van der Waals surface area (Å²) < 4.78 is 17.6. The van der Waals surface area contributed by atoms with Crippen LogP contribution in [0.3, 0.4) is 0 Å². The Balaban J connectivity index is 1.24. The van der Waals surface area contributed by atoms with Crippen LogP contribution in [0.5, 0.6) is 0 Å². The van der Waals surface area contributed by atoms with E-state index in [-0.39, 0.29) is 46.5 Å². The van der Waals surface area contributed by atoms with Gasteiger partial charge >= 0.3 is 0 Å². The van der Waals surface area contributed by atoms with Crippen LogP contribution in [0.25, 0.3) is 22.3 Å². The normalized spacial score (nSPS) is 28.3. The molecule has 1 amide bonds. The van der Waals surface area contributed by atoms with Crippen molar-refractivity contribution in [3.63, 3.8) is 0 Å². The van der Waals surface area contributed by atoms with Crippen LogP contribution in [0.2, 0.25) is 0 Å². The average Bonchev–Trinajstić information content (AvgIpc) is 3.55. The number of fused-ring (bicyclic) bond motifs is 1. The number of rotatable bonds is 7. The van der Waals surface area contributed by atoms with E-state index in [0.717, 1.165) is 49.8 Å². The number of morpholine rings is 1. The predicted molar refractivity (Wildman–Crippen MR) is 193 cm³/mol. The summed E-state index contributed by atoms with van der Waals surface area (Å²) in [6, 6.07) is 9.36. The Morgan fingerprint density at radius 2 is 1.67 bits per heavy atom. The van der Waals surface area contributed by atoms with Crippen molar-refractivity contribution in [2.45, 2.75) is 114 Å². The predicted octanol–water partition coefficient (Wildman–Crippen LogP) is 4.87. The maximum atomic E-state index is 13.2. The zero-order chi connectivity index (χ0) is 33.8. The number of ether oxygens (including phenoxy) is 1. The molecule has 2 saturated heterocycles. The molecule has 7 rings (SSSR count). The van der Waals surface area contributed by atoms with Crippen molar-refractivity contribution in [2.24, 2.45) is 16.9 Å². The molecule has 266 valence electrons. The summed E-state index contributed by atoms with van der Waals surface area (Å²) in [7, 11) is 0. The Morgan fingerprint density at radius 3 is 2.41 bits per heavy atom. The lowest BCUT2D eigenvalue weighted by molar-refractivity contribution is -0.122. The third-order valence-corrected chi connectivity index (χ3v) is 11.8. The molecule has 1 spiro atoms. The van der Waals surface area contributed by atoms with E-state index in [1.165, 1.54) is 51.0 Å². The van der Waals surface area contributed by atoms with E-state index in [9.17, 15) is 9.59 Å². The molecule has 4 heterocycles. The number of carbonyl (C=O) groups is 1. The number of primary amides is 1. The smallest absolute Gasteiger partial charge is 0.236 e. The third kappa shape index (κ3) is 7.27. The highest BCUT2D eigenvalue weighted by Gasteiger charge is 2.53. The fourth-order valence-electron chi connectivity index (χ4n) is 9.06. The lowest BCUT2D eigenvalue weighted by Crippen LogP contribution is -2.73. The Bertz CT molecular complexity index is 1620. The van der Waals surface area contributed by atoms with Gasteiger partial charge in [0.2, 0.25) is 16.9 Å². The fraction of sp³-hybridized carbons (Fsp3) is 0.632. The number of piperidine rings is 1. The maximum Gasteiger partial charge on any atom is 0.236 e. The summed E-state index contributed by atoms with van der Waals surface area (Å²) in [5.41, 5.74) is 15.5.